The minimum absolute atomic E-state index is 0.256. The van der Waals surface area contributed by atoms with Crippen molar-refractivity contribution in [3.8, 4) is 0 Å². The maximum Gasteiger partial charge on any atom is 0.410 e. The van der Waals surface area contributed by atoms with Gasteiger partial charge in [-0.15, -0.1) is 5.73 Å². The molecular weight excluding hydrogens is 286 g/mol. The summed E-state index contributed by atoms with van der Waals surface area (Å²) >= 11 is 0. The van der Waals surface area contributed by atoms with Gasteiger partial charge in [0, 0.05) is 18.7 Å². The van der Waals surface area contributed by atoms with Gasteiger partial charge >= 0.3 is 6.09 Å². The predicted octanol–water partition coefficient (Wildman–Crippen LogP) is 4.59. The van der Waals surface area contributed by atoms with E-state index in [-0.39, 0.29) is 12.7 Å². The molecule has 0 fully saturated rings. The second-order valence-electron chi connectivity index (χ2n) is 5.30. The molecule has 0 radical (unpaired) electrons. The van der Waals surface area contributed by atoms with E-state index >= 15 is 0 Å². The number of rotatable bonds is 5. The van der Waals surface area contributed by atoms with Gasteiger partial charge in [0.05, 0.1) is 0 Å². The van der Waals surface area contributed by atoms with E-state index in [9.17, 15) is 4.79 Å². The molecular formula is C20H23NO2. The smallest absolute Gasteiger partial charge is 0.410 e. The Morgan fingerprint density at radius 1 is 1.17 bits per heavy atom. The lowest BCUT2D eigenvalue weighted by Crippen LogP contribution is -2.31. The van der Waals surface area contributed by atoms with Crippen molar-refractivity contribution in [2.45, 2.75) is 20.8 Å². The second kappa shape index (κ2) is 8.21. The van der Waals surface area contributed by atoms with Crippen LogP contribution in [0.2, 0.25) is 0 Å². The molecule has 0 spiro atoms. The van der Waals surface area contributed by atoms with Crippen LogP contribution < -0.4 is 0 Å². The molecule has 3 nitrogen and oxygen atoms in total. The Morgan fingerprint density at radius 2 is 1.87 bits per heavy atom. The van der Waals surface area contributed by atoms with Crippen molar-refractivity contribution >= 4 is 11.7 Å². The molecule has 0 N–H and O–H groups in total. The lowest BCUT2D eigenvalue weighted by atomic mass is 9.95. The van der Waals surface area contributed by atoms with Crippen LogP contribution in [-0.4, -0.2) is 30.7 Å². The molecule has 0 heterocycles. The van der Waals surface area contributed by atoms with Gasteiger partial charge in [0.1, 0.15) is 6.61 Å². The number of hydrogen-bond acceptors (Lipinski definition) is 2. The van der Waals surface area contributed by atoms with Crippen molar-refractivity contribution in [1.82, 2.24) is 4.90 Å². The van der Waals surface area contributed by atoms with Crippen LogP contribution in [-0.2, 0) is 4.74 Å². The topological polar surface area (TPSA) is 29.5 Å². The normalized spacial score (nSPS) is 13.6. The summed E-state index contributed by atoms with van der Waals surface area (Å²) in [4.78, 5) is 13.7. The third-order valence-corrected chi connectivity index (χ3v) is 3.95. The van der Waals surface area contributed by atoms with Crippen molar-refractivity contribution in [2.75, 3.05) is 19.7 Å². The number of allylic oxidation sites excluding steroid dienone is 3. The average Bonchev–Trinajstić information content (AvgIpc) is 2.76. The minimum atomic E-state index is -0.276. The first-order chi connectivity index (χ1) is 11.2. The van der Waals surface area contributed by atoms with E-state index in [0.717, 1.165) is 22.3 Å². The molecule has 0 atom stereocenters. The first-order valence-corrected chi connectivity index (χ1v) is 7.97. The van der Waals surface area contributed by atoms with Crippen LogP contribution >= 0.6 is 0 Å². The Morgan fingerprint density at radius 3 is 2.52 bits per heavy atom. The van der Waals surface area contributed by atoms with E-state index in [0.29, 0.717) is 13.1 Å². The Labute approximate surface area is 138 Å². The van der Waals surface area contributed by atoms with E-state index in [2.05, 4.69) is 24.8 Å². The molecule has 1 amide bonds. The summed E-state index contributed by atoms with van der Waals surface area (Å²) in [5, 5.41) is 0. The highest BCUT2D eigenvalue weighted by atomic mass is 16.6. The molecule has 0 aromatic heterocycles. The Balaban J connectivity index is 2.19. The molecule has 0 aliphatic heterocycles. The number of hydrogen-bond donors (Lipinski definition) is 0. The number of carbonyl (C=O) groups excluding carboxylic acids is 1. The lowest BCUT2D eigenvalue weighted by molar-refractivity contribution is 0.115. The summed E-state index contributed by atoms with van der Waals surface area (Å²) in [5.41, 5.74) is 7.46. The van der Waals surface area contributed by atoms with Crippen LogP contribution in [0.25, 0.3) is 5.57 Å². The third-order valence-electron chi connectivity index (χ3n) is 3.95. The SMILES string of the molecule is CCN(CC)C(=O)OCC1=C(C)C(c2ccccc2)=CC=C=C1. The quantitative estimate of drug-likeness (QED) is 0.745. The van der Waals surface area contributed by atoms with Gasteiger partial charge in [-0.05, 0) is 55.7 Å². The maximum atomic E-state index is 12.0. The van der Waals surface area contributed by atoms with Crippen LogP contribution in [0.15, 0.2) is 65.4 Å². The van der Waals surface area contributed by atoms with E-state index in [1.807, 2.05) is 50.3 Å². The Bertz CT molecular complexity index is 673. The van der Waals surface area contributed by atoms with Crippen molar-refractivity contribution in [1.29, 1.82) is 0 Å². The first-order valence-electron chi connectivity index (χ1n) is 7.97. The summed E-state index contributed by atoms with van der Waals surface area (Å²) in [6.07, 6.45) is 5.55. The molecule has 1 aromatic rings. The minimum Gasteiger partial charge on any atom is -0.445 e. The van der Waals surface area contributed by atoms with Gasteiger partial charge in [0.15, 0.2) is 0 Å². The van der Waals surface area contributed by atoms with E-state index in [1.54, 1.807) is 4.90 Å². The van der Waals surface area contributed by atoms with Crippen molar-refractivity contribution < 1.29 is 9.53 Å². The molecule has 2 rings (SSSR count). The fraction of sp³-hybridized carbons (Fsp3) is 0.300. The molecule has 0 saturated carbocycles. The van der Waals surface area contributed by atoms with Crippen LogP contribution in [0.5, 0.6) is 0 Å². The molecule has 1 aromatic carbocycles. The van der Waals surface area contributed by atoms with E-state index in [4.69, 9.17) is 4.74 Å². The lowest BCUT2D eigenvalue weighted by Gasteiger charge is -2.19. The zero-order chi connectivity index (χ0) is 16.7. The van der Waals surface area contributed by atoms with Gasteiger partial charge in [-0.25, -0.2) is 4.79 Å². The highest BCUT2D eigenvalue weighted by molar-refractivity contribution is 5.81. The predicted molar refractivity (Wildman–Crippen MR) is 94.0 cm³/mol. The van der Waals surface area contributed by atoms with Gasteiger partial charge in [-0.1, -0.05) is 30.3 Å². The van der Waals surface area contributed by atoms with Gasteiger partial charge in [0.25, 0.3) is 0 Å². The summed E-state index contributed by atoms with van der Waals surface area (Å²) in [5.74, 6) is 0. The molecule has 1 aliphatic rings. The number of amides is 1. The van der Waals surface area contributed by atoms with Crippen molar-refractivity contribution in [3.05, 3.63) is 71.0 Å². The van der Waals surface area contributed by atoms with Gasteiger partial charge in [0.2, 0.25) is 0 Å². The molecule has 0 bridgehead atoms. The first kappa shape index (κ1) is 16.9. The highest BCUT2D eigenvalue weighted by Gasteiger charge is 2.14. The third kappa shape index (κ3) is 4.24. The van der Waals surface area contributed by atoms with Crippen molar-refractivity contribution in [2.24, 2.45) is 0 Å². The van der Waals surface area contributed by atoms with Crippen LogP contribution in [0.1, 0.15) is 26.3 Å². The molecule has 0 saturated heterocycles. The molecule has 120 valence electrons. The zero-order valence-corrected chi connectivity index (χ0v) is 14.0. The standard InChI is InChI=1S/C20H23NO2/c1-4-21(5-2)20(22)23-15-18-13-9-10-14-19(16(18)3)17-11-7-6-8-12-17/h6-8,10-14H,4-5,15H2,1-3H3. The van der Waals surface area contributed by atoms with Crippen LogP contribution in [0.3, 0.4) is 0 Å². The summed E-state index contributed by atoms with van der Waals surface area (Å²) in [7, 11) is 0. The van der Waals surface area contributed by atoms with Crippen molar-refractivity contribution in [3.63, 3.8) is 0 Å². The largest absolute Gasteiger partial charge is 0.445 e. The van der Waals surface area contributed by atoms with Crippen LogP contribution in [0, 0.1) is 0 Å². The summed E-state index contributed by atoms with van der Waals surface area (Å²) in [6.45, 7) is 7.50. The van der Waals surface area contributed by atoms with E-state index < -0.39 is 0 Å². The fourth-order valence-corrected chi connectivity index (χ4v) is 2.48. The number of benzene rings is 1. The molecule has 23 heavy (non-hydrogen) atoms. The zero-order valence-electron chi connectivity index (χ0n) is 14.0. The Kier molecular flexibility index (Phi) is 6.02. The fourth-order valence-electron chi connectivity index (χ4n) is 2.48. The van der Waals surface area contributed by atoms with Gasteiger partial charge < -0.3 is 9.64 Å². The summed E-state index contributed by atoms with van der Waals surface area (Å²) < 4.78 is 5.45. The number of nitrogens with zero attached hydrogens (tertiary/aromatic N) is 1. The number of carbonyl (C=O) groups is 1. The monoisotopic (exact) mass is 309 g/mol. The maximum absolute atomic E-state index is 12.0. The molecule has 1 aliphatic carbocycles. The molecule has 3 heteroatoms. The second-order valence-corrected chi connectivity index (χ2v) is 5.30. The van der Waals surface area contributed by atoms with Gasteiger partial charge in [-0.3, -0.25) is 0 Å². The number of ether oxygens (including phenoxy) is 1. The Hall–Kier alpha value is -2.51. The highest BCUT2D eigenvalue weighted by Crippen LogP contribution is 2.27. The van der Waals surface area contributed by atoms with Crippen LogP contribution in [0.4, 0.5) is 4.79 Å². The van der Waals surface area contributed by atoms with E-state index in [1.165, 1.54) is 0 Å². The molecule has 0 unspecified atom stereocenters. The van der Waals surface area contributed by atoms with Gasteiger partial charge in [-0.2, -0.15) is 0 Å². The summed E-state index contributed by atoms with van der Waals surface area (Å²) in [6, 6.07) is 10.2. The average molecular weight is 309 g/mol.